The molecule has 0 aliphatic carbocycles. The molecule has 1 aromatic heterocycles. The molecule has 3 aromatic rings. The van der Waals surface area contributed by atoms with Crippen LogP contribution < -0.4 is 5.73 Å². The van der Waals surface area contributed by atoms with Crippen molar-refractivity contribution >= 4 is 22.5 Å². The van der Waals surface area contributed by atoms with Crippen LogP contribution in [0.15, 0.2) is 48.7 Å². The molecule has 0 amide bonds. The van der Waals surface area contributed by atoms with Crippen molar-refractivity contribution in [3.63, 3.8) is 0 Å². The Balaban J connectivity index is 2.04. The Morgan fingerprint density at radius 3 is 2.67 bits per heavy atom. The van der Waals surface area contributed by atoms with Crippen LogP contribution in [-0.2, 0) is 13.0 Å². The Morgan fingerprint density at radius 2 is 1.90 bits per heavy atom. The van der Waals surface area contributed by atoms with E-state index in [1.165, 1.54) is 23.1 Å². The number of nitrogens with two attached hydrogens (primary N) is 1. The number of rotatable bonds is 4. The van der Waals surface area contributed by atoms with E-state index in [1.807, 2.05) is 12.1 Å². The van der Waals surface area contributed by atoms with E-state index < -0.39 is 0 Å². The third kappa shape index (κ3) is 2.80. The fraction of sp³-hybridized carbons (Fsp3) is 0.176. The summed E-state index contributed by atoms with van der Waals surface area (Å²) in [5.74, 6) is -0.315. The molecule has 0 aliphatic rings. The number of hydrogen-bond donors (Lipinski definition) is 1. The molecule has 21 heavy (non-hydrogen) atoms. The van der Waals surface area contributed by atoms with Crippen molar-refractivity contribution in [3.8, 4) is 0 Å². The molecule has 2 nitrogen and oxygen atoms in total. The Bertz CT molecular complexity index is 780. The highest BCUT2D eigenvalue weighted by Gasteiger charge is 2.09. The van der Waals surface area contributed by atoms with Crippen LogP contribution >= 0.6 is 11.6 Å². The molecular formula is C17H16ClFN2. The number of hydrogen-bond acceptors (Lipinski definition) is 1. The molecular weight excluding hydrogens is 287 g/mol. The van der Waals surface area contributed by atoms with E-state index in [-0.39, 0.29) is 5.82 Å². The summed E-state index contributed by atoms with van der Waals surface area (Å²) in [5.41, 5.74) is 8.95. The van der Waals surface area contributed by atoms with Gasteiger partial charge in [0.2, 0.25) is 0 Å². The lowest BCUT2D eigenvalue weighted by atomic mass is 10.1. The third-order valence-corrected chi connectivity index (χ3v) is 3.99. The molecule has 0 fully saturated rings. The summed E-state index contributed by atoms with van der Waals surface area (Å²) in [6, 6.07) is 12.7. The number of halogens is 2. The number of benzene rings is 2. The standard InChI is InChI=1S/C17H16ClFN2/c18-16-9-14(19)6-5-13(16)11-21-10-12(7-8-20)15-3-1-2-4-17(15)21/h1-6,9-10H,7-8,11,20H2. The van der Waals surface area contributed by atoms with Gasteiger partial charge in [-0.1, -0.05) is 35.9 Å². The quantitative estimate of drug-likeness (QED) is 0.776. The smallest absolute Gasteiger partial charge is 0.124 e. The highest BCUT2D eigenvalue weighted by Crippen LogP contribution is 2.25. The zero-order valence-electron chi connectivity index (χ0n) is 11.5. The molecule has 3 rings (SSSR count). The first-order chi connectivity index (χ1) is 10.2. The predicted octanol–water partition coefficient (Wildman–Crippen LogP) is 3.98. The number of fused-ring (bicyclic) bond motifs is 1. The van der Waals surface area contributed by atoms with Gasteiger partial charge in [0, 0.05) is 28.7 Å². The number of aromatic nitrogens is 1. The van der Waals surface area contributed by atoms with Gasteiger partial charge in [-0.2, -0.15) is 0 Å². The Kier molecular flexibility index (Phi) is 3.95. The summed E-state index contributed by atoms with van der Waals surface area (Å²) in [7, 11) is 0. The SMILES string of the molecule is NCCc1cn(Cc2ccc(F)cc2Cl)c2ccccc12. The molecule has 2 aromatic carbocycles. The van der Waals surface area contributed by atoms with Gasteiger partial charge in [0.05, 0.1) is 0 Å². The van der Waals surface area contributed by atoms with Crippen molar-refractivity contribution in [1.29, 1.82) is 0 Å². The minimum absolute atomic E-state index is 0.315. The summed E-state index contributed by atoms with van der Waals surface area (Å²) < 4.78 is 15.3. The average Bonchev–Trinajstić information content (AvgIpc) is 2.81. The monoisotopic (exact) mass is 302 g/mol. The van der Waals surface area contributed by atoms with E-state index in [2.05, 4.69) is 22.9 Å². The van der Waals surface area contributed by atoms with Gasteiger partial charge in [-0.25, -0.2) is 4.39 Å². The zero-order valence-corrected chi connectivity index (χ0v) is 12.3. The van der Waals surface area contributed by atoms with Crippen LogP contribution in [0.3, 0.4) is 0 Å². The molecule has 0 spiro atoms. The first kappa shape index (κ1) is 14.1. The van der Waals surface area contributed by atoms with Crippen LogP contribution in [-0.4, -0.2) is 11.1 Å². The first-order valence-corrected chi connectivity index (χ1v) is 7.27. The van der Waals surface area contributed by atoms with Gasteiger partial charge in [-0.05, 0) is 42.3 Å². The van der Waals surface area contributed by atoms with Crippen molar-refractivity contribution in [3.05, 3.63) is 70.6 Å². The fourth-order valence-electron chi connectivity index (χ4n) is 2.64. The highest BCUT2D eigenvalue weighted by molar-refractivity contribution is 6.31. The van der Waals surface area contributed by atoms with Gasteiger partial charge in [0.15, 0.2) is 0 Å². The van der Waals surface area contributed by atoms with Crippen LogP contribution in [0, 0.1) is 5.82 Å². The molecule has 0 saturated heterocycles. The Morgan fingerprint density at radius 1 is 1.10 bits per heavy atom. The van der Waals surface area contributed by atoms with Gasteiger partial charge in [-0.15, -0.1) is 0 Å². The van der Waals surface area contributed by atoms with Crippen LogP contribution in [0.5, 0.6) is 0 Å². The summed E-state index contributed by atoms with van der Waals surface area (Å²) in [6.07, 6.45) is 2.95. The van der Waals surface area contributed by atoms with E-state index in [4.69, 9.17) is 17.3 Å². The van der Waals surface area contributed by atoms with Crippen molar-refractivity contribution < 1.29 is 4.39 Å². The number of para-hydroxylation sites is 1. The minimum Gasteiger partial charge on any atom is -0.343 e. The van der Waals surface area contributed by atoms with Gasteiger partial charge < -0.3 is 10.3 Å². The Labute approximate surface area is 127 Å². The van der Waals surface area contributed by atoms with Crippen LogP contribution in [0.25, 0.3) is 10.9 Å². The van der Waals surface area contributed by atoms with Crippen molar-refractivity contribution in [2.45, 2.75) is 13.0 Å². The molecule has 0 radical (unpaired) electrons. The molecule has 4 heteroatoms. The lowest BCUT2D eigenvalue weighted by Crippen LogP contribution is -2.02. The lowest BCUT2D eigenvalue weighted by molar-refractivity contribution is 0.626. The van der Waals surface area contributed by atoms with E-state index in [9.17, 15) is 4.39 Å². The van der Waals surface area contributed by atoms with E-state index in [0.717, 1.165) is 17.5 Å². The van der Waals surface area contributed by atoms with Crippen molar-refractivity contribution in [1.82, 2.24) is 4.57 Å². The first-order valence-electron chi connectivity index (χ1n) is 6.90. The van der Waals surface area contributed by atoms with Gasteiger partial charge in [0.1, 0.15) is 5.82 Å². The van der Waals surface area contributed by atoms with Crippen molar-refractivity contribution in [2.75, 3.05) is 6.54 Å². The average molecular weight is 303 g/mol. The van der Waals surface area contributed by atoms with E-state index in [1.54, 1.807) is 6.07 Å². The van der Waals surface area contributed by atoms with Crippen LogP contribution in [0.2, 0.25) is 5.02 Å². The highest BCUT2D eigenvalue weighted by atomic mass is 35.5. The van der Waals surface area contributed by atoms with E-state index in [0.29, 0.717) is 18.1 Å². The Hall–Kier alpha value is -1.84. The largest absolute Gasteiger partial charge is 0.343 e. The summed E-state index contributed by atoms with van der Waals surface area (Å²) >= 11 is 6.13. The second-order valence-corrected chi connectivity index (χ2v) is 5.48. The molecule has 108 valence electrons. The van der Waals surface area contributed by atoms with E-state index >= 15 is 0 Å². The molecule has 0 bridgehead atoms. The minimum atomic E-state index is -0.315. The molecule has 2 N–H and O–H groups in total. The topological polar surface area (TPSA) is 30.9 Å². The maximum atomic E-state index is 13.1. The van der Waals surface area contributed by atoms with Crippen LogP contribution in [0.1, 0.15) is 11.1 Å². The number of nitrogens with zero attached hydrogens (tertiary/aromatic N) is 1. The third-order valence-electron chi connectivity index (χ3n) is 3.64. The summed E-state index contributed by atoms with van der Waals surface area (Å²) in [4.78, 5) is 0. The molecule has 1 heterocycles. The maximum absolute atomic E-state index is 13.1. The second-order valence-electron chi connectivity index (χ2n) is 5.07. The fourth-order valence-corrected chi connectivity index (χ4v) is 2.87. The van der Waals surface area contributed by atoms with Crippen molar-refractivity contribution in [2.24, 2.45) is 5.73 Å². The van der Waals surface area contributed by atoms with Gasteiger partial charge in [0.25, 0.3) is 0 Å². The second kappa shape index (κ2) is 5.88. The maximum Gasteiger partial charge on any atom is 0.124 e. The molecule has 0 saturated carbocycles. The predicted molar refractivity (Wildman–Crippen MR) is 85.2 cm³/mol. The molecule has 0 aliphatic heterocycles. The summed E-state index contributed by atoms with van der Waals surface area (Å²) in [5, 5.41) is 1.66. The van der Waals surface area contributed by atoms with Gasteiger partial charge in [-0.3, -0.25) is 0 Å². The summed E-state index contributed by atoms with van der Waals surface area (Å²) in [6.45, 7) is 1.23. The zero-order chi connectivity index (χ0) is 14.8. The molecule has 0 atom stereocenters. The molecule has 0 unspecified atom stereocenters. The van der Waals surface area contributed by atoms with Crippen LogP contribution in [0.4, 0.5) is 4.39 Å². The lowest BCUT2D eigenvalue weighted by Gasteiger charge is -2.07. The van der Waals surface area contributed by atoms with Gasteiger partial charge >= 0.3 is 0 Å². The normalized spacial score (nSPS) is 11.2.